The summed E-state index contributed by atoms with van der Waals surface area (Å²) in [5.74, 6) is 0. The molecule has 0 aliphatic heterocycles. The van der Waals surface area contributed by atoms with E-state index in [-0.39, 0.29) is 0 Å². The van der Waals surface area contributed by atoms with Gasteiger partial charge in [-0.05, 0) is 12.1 Å². The molecule has 0 spiro atoms. The maximum atomic E-state index is 4.31. The van der Waals surface area contributed by atoms with Gasteiger partial charge in [-0.2, -0.15) is 5.10 Å². The molecule has 0 atom stereocenters. The molecule has 66 valence electrons. The van der Waals surface area contributed by atoms with Gasteiger partial charge in [0.2, 0.25) is 0 Å². The van der Waals surface area contributed by atoms with E-state index in [1.165, 1.54) is 0 Å². The lowest BCUT2D eigenvalue weighted by molar-refractivity contribution is 1.08. The number of nitrogens with zero attached hydrogens (tertiary/aromatic N) is 3. The van der Waals surface area contributed by atoms with Gasteiger partial charge in [0.15, 0.2) is 0 Å². The van der Waals surface area contributed by atoms with E-state index in [4.69, 9.17) is 0 Å². The molecule has 2 heterocycles. The number of benzene rings is 1. The summed E-state index contributed by atoms with van der Waals surface area (Å²) in [7, 11) is 0. The first-order valence-corrected chi connectivity index (χ1v) is 4.40. The van der Waals surface area contributed by atoms with Crippen molar-refractivity contribution < 1.29 is 0 Å². The Kier molecular flexibility index (Phi) is 1.44. The Hall–Kier alpha value is -2.03. The van der Waals surface area contributed by atoms with Crippen molar-refractivity contribution in [3.8, 4) is 0 Å². The van der Waals surface area contributed by atoms with Gasteiger partial charge in [-0.1, -0.05) is 18.2 Å². The molecule has 0 aliphatic carbocycles. The fraction of sp³-hybridized carbons (Fsp3) is 0. The van der Waals surface area contributed by atoms with Crippen LogP contribution in [-0.4, -0.2) is 15.2 Å². The molecule has 3 nitrogen and oxygen atoms in total. The van der Waals surface area contributed by atoms with Crippen molar-refractivity contribution in [1.82, 2.24) is 15.2 Å². The van der Waals surface area contributed by atoms with E-state index >= 15 is 0 Å². The highest BCUT2D eigenvalue weighted by Crippen LogP contribution is 2.19. The third-order valence-corrected chi connectivity index (χ3v) is 2.26. The highest BCUT2D eigenvalue weighted by atomic mass is 15.1. The molecule has 2 aromatic heterocycles. The molecule has 0 saturated carbocycles. The minimum Gasteiger partial charge on any atom is -0.254 e. The van der Waals surface area contributed by atoms with Crippen LogP contribution in [0.25, 0.3) is 21.8 Å². The predicted octanol–water partition coefficient (Wildman–Crippen LogP) is 2.18. The first kappa shape index (κ1) is 7.38. The average molecular weight is 181 g/mol. The molecule has 0 bridgehead atoms. The van der Waals surface area contributed by atoms with Crippen LogP contribution in [0.1, 0.15) is 0 Å². The van der Waals surface area contributed by atoms with Gasteiger partial charge in [-0.3, -0.25) is 4.98 Å². The quantitative estimate of drug-likeness (QED) is 0.499. The fourth-order valence-corrected chi connectivity index (χ4v) is 1.59. The van der Waals surface area contributed by atoms with Crippen LogP contribution in [0, 0.1) is 0 Å². The van der Waals surface area contributed by atoms with Crippen molar-refractivity contribution in [3.05, 3.63) is 42.7 Å². The minimum absolute atomic E-state index is 0.866. The number of aromatic nitrogens is 3. The van der Waals surface area contributed by atoms with Crippen molar-refractivity contribution in [2.75, 3.05) is 0 Å². The van der Waals surface area contributed by atoms with Crippen molar-refractivity contribution >= 4 is 21.8 Å². The van der Waals surface area contributed by atoms with E-state index in [2.05, 4.69) is 15.2 Å². The molecular weight excluding hydrogens is 174 g/mol. The number of pyridine rings is 1. The van der Waals surface area contributed by atoms with Crippen molar-refractivity contribution in [3.63, 3.8) is 0 Å². The lowest BCUT2D eigenvalue weighted by Crippen LogP contribution is -1.86. The predicted molar refractivity (Wildman–Crippen MR) is 54.8 cm³/mol. The number of hydrogen-bond acceptors (Lipinski definition) is 3. The summed E-state index contributed by atoms with van der Waals surface area (Å²) < 4.78 is 0. The van der Waals surface area contributed by atoms with Gasteiger partial charge in [-0.15, -0.1) is 5.10 Å². The van der Waals surface area contributed by atoms with E-state index in [0.29, 0.717) is 0 Å². The molecule has 3 heteroatoms. The first-order valence-electron chi connectivity index (χ1n) is 4.40. The van der Waals surface area contributed by atoms with Crippen molar-refractivity contribution in [1.29, 1.82) is 0 Å². The Bertz CT molecular complexity index is 550. The van der Waals surface area contributed by atoms with Crippen molar-refractivity contribution in [2.45, 2.75) is 0 Å². The smallest absolute Gasteiger partial charge is 0.119 e. The lowest BCUT2D eigenvalue weighted by Gasteiger charge is -1.99. The SMILES string of the molecule is c1cnc2c(c1)ccc1ccnnc12. The van der Waals surface area contributed by atoms with Gasteiger partial charge < -0.3 is 0 Å². The third-order valence-electron chi connectivity index (χ3n) is 2.26. The number of rotatable bonds is 0. The second kappa shape index (κ2) is 2.73. The van der Waals surface area contributed by atoms with E-state index in [9.17, 15) is 0 Å². The zero-order chi connectivity index (χ0) is 9.38. The molecule has 0 N–H and O–H groups in total. The van der Waals surface area contributed by atoms with E-state index in [1.807, 2.05) is 30.3 Å². The maximum Gasteiger partial charge on any atom is 0.119 e. The monoisotopic (exact) mass is 181 g/mol. The zero-order valence-corrected chi connectivity index (χ0v) is 7.38. The summed E-state index contributed by atoms with van der Waals surface area (Å²) in [5, 5.41) is 10.1. The normalized spacial score (nSPS) is 10.9. The summed E-state index contributed by atoms with van der Waals surface area (Å²) in [6, 6.07) is 9.97. The van der Waals surface area contributed by atoms with Gasteiger partial charge in [0.25, 0.3) is 0 Å². The summed E-state index contributed by atoms with van der Waals surface area (Å²) in [6.45, 7) is 0. The largest absolute Gasteiger partial charge is 0.254 e. The van der Waals surface area contributed by atoms with Gasteiger partial charge in [-0.25, -0.2) is 0 Å². The van der Waals surface area contributed by atoms with Crippen LogP contribution in [0.5, 0.6) is 0 Å². The lowest BCUT2D eigenvalue weighted by atomic mass is 10.1. The summed E-state index contributed by atoms with van der Waals surface area (Å²) in [5.41, 5.74) is 1.78. The maximum absolute atomic E-state index is 4.31. The highest BCUT2D eigenvalue weighted by Gasteiger charge is 2.00. The number of fused-ring (bicyclic) bond motifs is 3. The van der Waals surface area contributed by atoms with Crippen LogP contribution in [0.4, 0.5) is 0 Å². The molecule has 0 fully saturated rings. The van der Waals surface area contributed by atoms with E-state index < -0.39 is 0 Å². The summed E-state index contributed by atoms with van der Waals surface area (Å²) in [6.07, 6.45) is 3.47. The van der Waals surface area contributed by atoms with Crippen molar-refractivity contribution in [2.24, 2.45) is 0 Å². The molecule has 0 aliphatic rings. The minimum atomic E-state index is 0.866. The molecule has 1 aromatic carbocycles. The second-order valence-corrected chi connectivity index (χ2v) is 3.11. The molecule has 0 radical (unpaired) electrons. The van der Waals surface area contributed by atoms with E-state index in [0.717, 1.165) is 21.8 Å². The van der Waals surface area contributed by atoms with Crippen LogP contribution in [0.15, 0.2) is 42.7 Å². The zero-order valence-electron chi connectivity index (χ0n) is 7.38. The molecule has 3 aromatic rings. The molecule has 14 heavy (non-hydrogen) atoms. The second-order valence-electron chi connectivity index (χ2n) is 3.11. The van der Waals surface area contributed by atoms with Gasteiger partial charge >= 0.3 is 0 Å². The standard InChI is InChI=1S/C11H7N3/c1-2-8-3-4-9-5-7-13-14-11(9)10(8)12-6-1/h1-7H. The summed E-state index contributed by atoms with van der Waals surface area (Å²) in [4.78, 5) is 4.31. The van der Waals surface area contributed by atoms with Gasteiger partial charge in [0.05, 0.1) is 11.7 Å². The van der Waals surface area contributed by atoms with Crippen LogP contribution in [0.3, 0.4) is 0 Å². The Morgan fingerprint density at radius 2 is 1.64 bits per heavy atom. The first-order chi connectivity index (χ1) is 6.95. The van der Waals surface area contributed by atoms with Crippen LogP contribution in [-0.2, 0) is 0 Å². The van der Waals surface area contributed by atoms with Crippen LogP contribution >= 0.6 is 0 Å². The Labute approximate surface area is 80.4 Å². The Balaban J connectivity index is 2.61. The Morgan fingerprint density at radius 3 is 2.57 bits per heavy atom. The topological polar surface area (TPSA) is 38.7 Å². The molecule has 3 rings (SSSR count). The van der Waals surface area contributed by atoms with Gasteiger partial charge in [0, 0.05) is 17.0 Å². The highest BCUT2D eigenvalue weighted by molar-refractivity contribution is 6.02. The molecule has 0 saturated heterocycles. The average Bonchev–Trinajstić information content (AvgIpc) is 2.29. The van der Waals surface area contributed by atoms with Crippen LogP contribution < -0.4 is 0 Å². The summed E-state index contributed by atoms with van der Waals surface area (Å²) >= 11 is 0. The third kappa shape index (κ3) is 0.956. The Morgan fingerprint density at radius 1 is 0.786 bits per heavy atom. The molecule has 0 unspecified atom stereocenters. The molecule has 0 amide bonds. The van der Waals surface area contributed by atoms with Gasteiger partial charge in [0.1, 0.15) is 5.52 Å². The number of hydrogen-bond donors (Lipinski definition) is 0. The van der Waals surface area contributed by atoms with E-state index in [1.54, 1.807) is 12.4 Å². The fourth-order valence-electron chi connectivity index (χ4n) is 1.59. The molecular formula is C11H7N3. The van der Waals surface area contributed by atoms with Crippen LogP contribution in [0.2, 0.25) is 0 Å².